The molecule has 1 N–H and O–H groups in total. The number of carbonyl (C=O) groups is 3. The Kier molecular flexibility index (Phi) is 4.64. The molecule has 3 rings (SSSR count). The summed E-state index contributed by atoms with van der Waals surface area (Å²) in [4.78, 5) is 38.8. The van der Waals surface area contributed by atoms with Gasteiger partial charge in [0.25, 0.3) is 5.91 Å². The fraction of sp³-hybridized carbons (Fsp3) is 0.286. The second-order valence-electron chi connectivity index (χ2n) is 7.08. The van der Waals surface area contributed by atoms with Crippen LogP contribution in [0.25, 0.3) is 0 Å². The standard InChI is InChI=1S/C21H21NO4/c1-14-7-9-15(10-8-14)18(23)16-5-3-4-6-17(16)19(24)22-12-11-21(2,13-22)20(25)26/h3-10H,11-13H2,1-2H3,(H,25,26)/t21-/m1/s1. The molecule has 2 aromatic rings. The number of hydrogen-bond donors (Lipinski definition) is 1. The minimum absolute atomic E-state index is 0.147. The van der Waals surface area contributed by atoms with Crippen LogP contribution in [0.5, 0.6) is 0 Å². The summed E-state index contributed by atoms with van der Waals surface area (Å²) in [7, 11) is 0. The van der Waals surface area contributed by atoms with Crippen LogP contribution in [0.2, 0.25) is 0 Å². The molecular formula is C21H21NO4. The van der Waals surface area contributed by atoms with Gasteiger partial charge < -0.3 is 10.0 Å². The molecule has 26 heavy (non-hydrogen) atoms. The Morgan fingerprint density at radius 3 is 2.19 bits per heavy atom. The third kappa shape index (κ3) is 3.25. The molecule has 0 unspecified atom stereocenters. The molecular weight excluding hydrogens is 330 g/mol. The minimum atomic E-state index is -0.939. The largest absolute Gasteiger partial charge is 0.481 e. The number of aryl methyl sites for hydroxylation is 1. The number of likely N-dealkylation sites (tertiary alicyclic amines) is 1. The lowest BCUT2D eigenvalue weighted by Gasteiger charge is -2.21. The van der Waals surface area contributed by atoms with E-state index in [2.05, 4.69) is 0 Å². The number of amides is 1. The molecule has 1 atom stereocenters. The van der Waals surface area contributed by atoms with E-state index in [-0.39, 0.29) is 18.2 Å². The molecule has 0 aliphatic carbocycles. The number of carboxylic acids is 1. The monoisotopic (exact) mass is 351 g/mol. The Bertz CT molecular complexity index is 872. The van der Waals surface area contributed by atoms with E-state index in [1.54, 1.807) is 43.3 Å². The van der Waals surface area contributed by atoms with Gasteiger partial charge in [0.1, 0.15) is 0 Å². The summed E-state index contributed by atoms with van der Waals surface area (Å²) in [5, 5.41) is 9.36. The third-order valence-electron chi connectivity index (χ3n) is 4.99. The summed E-state index contributed by atoms with van der Waals surface area (Å²) in [6, 6.07) is 13.9. The van der Waals surface area contributed by atoms with E-state index in [1.165, 1.54) is 4.90 Å². The molecule has 0 spiro atoms. The van der Waals surface area contributed by atoms with E-state index < -0.39 is 11.4 Å². The van der Waals surface area contributed by atoms with Crippen LogP contribution >= 0.6 is 0 Å². The minimum Gasteiger partial charge on any atom is -0.481 e. The van der Waals surface area contributed by atoms with Crippen LogP contribution in [0.4, 0.5) is 0 Å². The van der Waals surface area contributed by atoms with E-state index in [0.717, 1.165) is 5.56 Å². The van der Waals surface area contributed by atoms with Crippen molar-refractivity contribution in [2.24, 2.45) is 5.41 Å². The lowest BCUT2D eigenvalue weighted by atomic mass is 9.90. The number of ketones is 1. The molecule has 0 saturated carbocycles. The average Bonchev–Trinajstić information content (AvgIpc) is 3.05. The van der Waals surface area contributed by atoms with Gasteiger partial charge >= 0.3 is 5.97 Å². The smallest absolute Gasteiger partial charge is 0.311 e. The molecule has 1 aliphatic heterocycles. The van der Waals surface area contributed by atoms with Crippen molar-refractivity contribution in [1.29, 1.82) is 0 Å². The van der Waals surface area contributed by atoms with Crippen LogP contribution in [-0.4, -0.2) is 40.8 Å². The fourth-order valence-corrected chi connectivity index (χ4v) is 3.21. The lowest BCUT2D eigenvalue weighted by molar-refractivity contribution is -0.147. The second kappa shape index (κ2) is 6.75. The van der Waals surface area contributed by atoms with E-state index in [9.17, 15) is 19.5 Å². The zero-order valence-corrected chi connectivity index (χ0v) is 14.9. The first-order chi connectivity index (χ1) is 12.3. The molecule has 0 aromatic heterocycles. The van der Waals surface area contributed by atoms with Gasteiger partial charge in [-0.05, 0) is 26.3 Å². The first kappa shape index (κ1) is 17.9. The number of rotatable bonds is 4. The maximum Gasteiger partial charge on any atom is 0.311 e. The number of carboxylic acid groups (broad SMARTS) is 1. The Morgan fingerprint density at radius 2 is 1.62 bits per heavy atom. The van der Waals surface area contributed by atoms with E-state index in [1.807, 2.05) is 19.1 Å². The average molecular weight is 351 g/mol. The van der Waals surface area contributed by atoms with Crippen molar-refractivity contribution >= 4 is 17.7 Å². The topological polar surface area (TPSA) is 74.7 Å². The van der Waals surface area contributed by atoms with Crippen molar-refractivity contribution in [1.82, 2.24) is 4.90 Å². The van der Waals surface area contributed by atoms with Gasteiger partial charge in [0.2, 0.25) is 0 Å². The van der Waals surface area contributed by atoms with E-state index >= 15 is 0 Å². The predicted octanol–water partition coefficient (Wildman–Crippen LogP) is 3.16. The first-order valence-corrected chi connectivity index (χ1v) is 8.55. The van der Waals surface area contributed by atoms with E-state index in [0.29, 0.717) is 29.7 Å². The quantitative estimate of drug-likeness (QED) is 0.859. The number of hydrogen-bond acceptors (Lipinski definition) is 3. The van der Waals surface area contributed by atoms with Crippen molar-refractivity contribution in [3.8, 4) is 0 Å². The lowest BCUT2D eigenvalue weighted by Crippen LogP contribution is -2.35. The summed E-state index contributed by atoms with van der Waals surface area (Å²) in [6.07, 6.45) is 0.405. The van der Waals surface area contributed by atoms with Crippen molar-refractivity contribution in [2.75, 3.05) is 13.1 Å². The zero-order valence-electron chi connectivity index (χ0n) is 14.9. The van der Waals surface area contributed by atoms with Crippen molar-refractivity contribution in [3.63, 3.8) is 0 Å². The molecule has 5 heteroatoms. The summed E-state index contributed by atoms with van der Waals surface area (Å²) < 4.78 is 0. The molecule has 2 aromatic carbocycles. The van der Waals surface area contributed by atoms with Gasteiger partial charge in [-0.25, -0.2) is 0 Å². The maximum atomic E-state index is 12.9. The molecule has 0 radical (unpaired) electrons. The second-order valence-corrected chi connectivity index (χ2v) is 7.08. The SMILES string of the molecule is Cc1ccc(C(=O)c2ccccc2C(=O)N2CC[C@@](C)(C(=O)O)C2)cc1. The highest BCUT2D eigenvalue weighted by atomic mass is 16.4. The molecule has 1 amide bonds. The van der Waals surface area contributed by atoms with Crippen LogP contribution in [-0.2, 0) is 4.79 Å². The van der Waals surface area contributed by atoms with Gasteiger partial charge in [0.05, 0.1) is 11.0 Å². The Balaban J connectivity index is 1.90. The van der Waals surface area contributed by atoms with Gasteiger partial charge in [-0.3, -0.25) is 14.4 Å². The van der Waals surface area contributed by atoms with E-state index in [4.69, 9.17) is 0 Å². The number of carbonyl (C=O) groups excluding carboxylic acids is 2. The number of aliphatic carboxylic acids is 1. The first-order valence-electron chi connectivity index (χ1n) is 8.55. The van der Waals surface area contributed by atoms with Crippen LogP contribution in [0.15, 0.2) is 48.5 Å². The summed E-state index contributed by atoms with van der Waals surface area (Å²) >= 11 is 0. The van der Waals surface area contributed by atoms with Gasteiger partial charge in [0.15, 0.2) is 5.78 Å². The van der Waals surface area contributed by atoms with Crippen molar-refractivity contribution < 1.29 is 19.5 Å². The van der Waals surface area contributed by atoms with Crippen LogP contribution < -0.4 is 0 Å². The third-order valence-corrected chi connectivity index (χ3v) is 4.99. The van der Waals surface area contributed by atoms with Crippen LogP contribution in [0.3, 0.4) is 0 Å². The Morgan fingerprint density at radius 1 is 1.00 bits per heavy atom. The normalized spacial score (nSPS) is 19.4. The van der Waals surface area contributed by atoms with Crippen LogP contribution in [0.1, 0.15) is 45.2 Å². The predicted molar refractivity (Wildman–Crippen MR) is 97.3 cm³/mol. The van der Waals surface area contributed by atoms with Crippen molar-refractivity contribution in [3.05, 3.63) is 70.8 Å². The fourth-order valence-electron chi connectivity index (χ4n) is 3.21. The molecule has 1 fully saturated rings. The molecule has 0 bridgehead atoms. The number of benzene rings is 2. The number of nitrogens with zero attached hydrogens (tertiary/aromatic N) is 1. The zero-order chi connectivity index (χ0) is 18.9. The van der Waals surface area contributed by atoms with Gasteiger partial charge in [0, 0.05) is 24.2 Å². The van der Waals surface area contributed by atoms with Crippen molar-refractivity contribution in [2.45, 2.75) is 20.3 Å². The van der Waals surface area contributed by atoms with Gasteiger partial charge in [-0.1, -0.05) is 48.0 Å². The van der Waals surface area contributed by atoms with Gasteiger partial charge in [-0.15, -0.1) is 0 Å². The molecule has 1 saturated heterocycles. The Hall–Kier alpha value is -2.95. The highest BCUT2D eigenvalue weighted by Crippen LogP contribution is 2.31. The summed E-state index contributed by atoms with van der Waals surface area (Å²) in [5.41, 5.74) is 1.28. The van der Waals surface area contributed by atoms with Crippen LogP contribution in [0, 0.1) is 12.3 Å². The maximum absolute atomic E-state index is 12.9. The highest BCUT2D eigenvalue weighted by Gasteiger charge is 2.42. The molecule has 5 nitrogen and oxygen atoms in total. The molecule has 134 valence electrons. The molecule has 1 heterocycles. The summed E-state index contributed by atoms with van der Waals surface area (Å²) in [6.45, 7) is 4.10. The summed E-state index contributed by atoms with van der Waals surface area (Å²) in [5.74, 6) is -1.42. The molecule has 1 aliphatic rings. The van der Waals surface area contributed by atoms with Gasteiger partial charge in [-0.2, -0.15) is 0 Å². The Labute approximate surface area is 152 Å². The highest BCUT2D eigenvalue weighted by molar-refractivity contribution is 6.15.